The van der Waals surface area contributed by atoms with Crippen molar-refractivity contribution in [3.63, 3.8) is 0 Å². The average Bonchev–Trinajstić information content (AvgIpc) is 3.11. The maximum absolute atomic E-state index is 5.79. The van der Waals surface area contributed by atoms with Gasteiger partial charge in [0.15, 0.2) is 11.8 Å². The van der Waals surface area contributed by atoms with Gasteiger partial charge in [-0.05, 0) is 39.0 Å². The van der Waals surface area contributed by atoms with Gasteiger partial charge in [-0.25, -0.2) is 4.99 Å². The van der Waals surface area contributed by atoms with Crippen molar-refractivity contribution < 1.29 is 9.47 Å². The van der Waals surface area contributed by atoms with E-state index < -0.39 is 0 Å². The number of rotatable bonds is 10. The normalized spacial score (nSPS) is 16.2. The lowest BCUT2D eigenvalue weighted by Gasteiger charge is -2.21. The number of aromatic nitrogens is 3. The summed E-state index contributed by atoms with van der Waals surface area (Å²) in [7, 11) is 0. The fourth-order valence-electron chi connectivity index (χ4n) is 2.70. The van der Waals surface area contributed by atoms with Gasteiger partial charge < -0.3 is 24.7 Å². The second-order valence-corrected chi connectivity index (χ2v) is 6.14. The zero-order valence-electron chi connectivity index (χ0n) is 15.5. The number of nitrogens with one attached hydrogen (secondary N) is 2. The number of aryl methyl sites for hydroxylation is 1. The Bertz CT molecular complexity index is 499. The Morgan fingerprint density at radius 2 is 2.20 bits per heavy atom. The van der Waals surface area contributed by atoms with Crippen LogP contribution < -0.4 is 10.6 Å². The lowest BCUT2D eigenvalue weighted by atomic mass is 10.0. The standard InChI is InChI=1S/C17H32N6O2/c1-3-18-17(20-12-16-22-21-14-23(16)4-2)19-8-5-9-25-13-15-6-10-24-11-7-15/h14-15H,3-13H2,1-2H3,(H2,18,19,20). The van der Waals surface area contributed by atoms with Gasteiger partial charge in [0.1, 0.15) is 12.9 Å². The highest BCUT2D eigenvalue weighted by molar-refractivity contribution is 5.79. The molecule has 0 amide bonds. The molecule has 1 aromatic rings. The third kappa shape index (κ3) is 7.39. The van der Waals surface area contributed by atoms with E-state index in [1.54, 1.807) is 6.33 Å². The molecule has 1 fully saturated rings. The summed E-state index contributed by atoms with van der Waals surface area (Å²) in [6.07, 6.45) is 4.94. The Labute approximate surface area is 150 Å². The topological polar surface area (TPSA) is 85.6 Å². The molecular formula is C17H32N6O2. The van der Waals surface area contributed by atoms with Crippen molar-refractivity contribution in [2.24, 2.45) is 10.9 Å². The maximum Gasteiger partial charge on any atom is 0.191 e. The predicted octanol–water partition coefficient (Wildman–Crippen LogP) is 1.19. The van der Waals surface area contributed by atoms with E-state index in [1.807, 2.05) is 4.57 Å². The molecule has 0 aliphatic carbocycles. The zero-order chi connectivity index (χ0) is 17.7. The van der Waals surface area contributed by atoms with Crippen LogP contribution in [0.3, 0.4) is 0 Å². The number of nitrogens with zero attached hydrogens (tertiary/aromatic N) is 4. The minimum atomic E-state index is 0.517. The molecule has 25 heavy (non-hydrogen) atoms. The summed E-state index contributed by atoms with van der Waals surface area (Å²) in [6.45, 7) is 10.5. The van der Waals surface area contributed by atoms with Crippen LogP contribution in [0.4, 0.5) is 0 Å². The van der Waals surface area contributed by atoms with Crippen LogP contribution in [0, 0.1) is 5.92 Å². The van der Waals surface area contributed by atoms with E-state index in [0.717, 1.165) is 77.1 Å². The Balaban J connectivity index is 1.62. The first-order valence-electron chi connectivity index (χ1n) is 9.37. The molecule has 8 heteroatoms. The number of hydrogen-bond acceptors (Lipinski definition) is 5. The molecule has 8 nitrogen and oxygen atoms in total. The average molecular weight is 352 g/mol. The van der Waals surface area contributed by atoms with Crippen molar-refractivity contribution in [1.82, 2.24) is 25.4 Å². The van der Waals surface area contributed by atoms with Gasteiger partial charge >= 0.3 is 0 Å². The van der Waals surface area contributed by atoms with E-state index in [2.05, 4.69) is 39.7 Å². The van der Waals surface area contributed by atoms with Gasteiger partial charge in [-0.2, -0.15) is 0 Å². The Morgan fingerprint density at radius 3 is 2.96 bits per heavy atom. The van der Waals surface area contributed by atoms with Crippen molar-refractivity contribution in [1.29, 1.82) is 0 Å². The molecule has 0 bridgehead atoms. The molecular weight excluding hydrogens is 320 g/mol. The summed E-state index contributed by atoms with van der Waals surface area (Å²) >= 11 is 0. The van der Waals surface area contributed by atoms with Crippen molar-refractivity contribution in [3.8, 4) is 0 Å². The van der Waals surface area contributed by atoms with Crippen molar-refractivity contribution in [2.75, 3.05) is 39.5 Å². The molecule has 0 atom stereocenters. The van der Waals surface area contributed by atoms with E-state index in [-0.39, 0.29) is 0 Å². The van der Waals surface area contributed by atoms with Gasteiger partial charge in [0.2, 0.25) is 0 Å². The molecule has 0 unspecified atom stereocenters. The minimum absolute atomic E-state index is 0.517. The highest BCUT2D eigenvalue weighted by atomic mass is 16.5. The molecule has 2 rings (SSSR count). The maximum atomic E-state index is 5.79. The Hall–Kier alpha value is -1.67. The van der Waals surface area contributed by atoms with Gasteiger partial charge in [-0.15, -0.1) is 10.2 Å². The molecule has 0 spiro atoms. The van der Waals surface area contributed by atoms with Gasteiger partial charge in [0.05, 0.1) is 0 Å². The molecule has 2 heterocycles. The fourth-order valence-corrected chi connectivity index (χ4v) is 2.70. The van der Waals surface area contributed by atoms with Crippen LogP contribution in [-0.2, 0) is 22.6 Å². The van der Waals surface area contributed by atoms with Crippen molar-refractivity contribution >= 4 is 5.96 Å². The Kier molecular flexibility index (Phi) is 9.28. The highest BCUT2D eigenvalue weighted by Gasteiger charge is 2.13. The molecule has 1 saturated heterocycles. The molecule has 2 N–H and O–H groups in total. The zero-order valence-corrected chi connectivity index (χ0v) is 15.5. The van der Waals surface area contributed by atoms with E-state index in [9.17, 15) is 0 Å². The summed E-state index contributed by atoms with van der Waals surface area (Å²) in [6, 6.07) is 0. The SMILES string of the molecule is CCNC(=NCc1nncn1CC)NCCCOCC1CCOCC1. The van der Waals surface area contributed by atoms with Crippen LogP contribution in [0.1, 0.15) is 38.9 Å². The number of guanidine groups is 1. The summed E-state index contributed by atoms with van der Waals surface area (Å²) < 4.78 is 13.1. The van der Waals surface area contributed by atoms with E-state index in [1.165, 1.54) is 0 Å². The highest BCUT2D eigenvalue weighted by Crippen LogP contribution is 2.14. The van der Waals surface area contributed by atoms with E-state index in [0.29, 0.717) is 12.5 Å². The van der Waals surface area contributed by atoms with Crippen LogP contribution in [-0.4, -0.2) is 60.2 Å². The number of ether oxygens (including phenoxy) is 2. The second-order valence-electron chi connectivity index (χ2n) is 6.14. The number of hydrogen-bond donors (Lipinski definition) is 2. The largest absolute Gasteiger partial charge is 0.381 e. The van der Waals surface area contributed by atoms with E-state index in [4.69, 9.17) is 9.47 Å². The van der Waals surface area contributed by atoms with E-state index >= 15 is 0 Å². The summed E-state index contributed by atoms with van der Waals surface area (Å²) in [5, 5.41) is 14.6. The van der Waals surface area contributed by atoms with Gasteiger partial charge in [-0.3, -0.25) is 0 Å². The first-order chi connectivity index (χ1) is 12.3. The summed E-state index contributed by atoms with van der Waals surface area (Å²) in [5.41, 5.74) is 0. The molecule has 142 valence electrons. The monoisotopic (exact) mass is 352 g/mol. The van der Waals surface area contributed by atoms with Crippen LogP contribution in [0.5, 0.6) is 0 Å². The fraction of sp³-hybridized carbons (Fsp3) is 0.824. The number of aliphatic imine (C=N–C) groups is 1. The van der Waals surface area contributed by atoms with Crippen LogP contribution in [0.25, 0.3) is 0 Å². The van der Waals surface area contributed by atoms with Gasteiger partial charge in [0, 0.05) is 46.1 Å². The first kappa shape index (κ1) is 19.7. The van der Waals surface area contributed by atoms with Gasteiger partial charge in [-0.1, -0.05) is 0 Å². The molecule has 0 saturated carbocycles. The molecule has 0 radical (unpaired) electrons. The second kappa shape index (κ2) is 11.8. The first-order valence-corrected chi connectivity index (χ1v) is 9.37. The van der Waals surface area contributed by atoms with Crippen LogP contribution in [0.2, 0.25) is 0 Å². The molecule has 1 aromatic heterocycles. The van der Waals surface area contributed by atoms with Crippen LogP contribution in [0.15, 0.2) is 11.3 Å². The molecule has 0 aromatic carbocycles. The van der Waals surface area contributed by atoms with Crippen molar-refractivity contribution in [2.45, 2.75) is 46.2 Å². The lowest BCUT2D eigenvalue weighted by molar-refractivity contribution is 0.0203. The van der Waals surface area contributed by atoms with Crippen LogP contribution >= 0.6 is 0 Å². The third-order valence-corrected chi connectivity index (χ3v) is 4.21. The lowest BCUT2D eigenvalue weighted by Crippen LogP contribution is -2.38. The third-order valence-electron chi connectivity index (χ3n) is 4.21. The smallest absolute Gasteiger partial charge is 0.191 e. The van der Waals surface area contributed by atoms with Crippen molar-refractivity contribution in [3.05, 3.63) is 12.2 Å². The summed E-state index contributed by atoms with van der Waals surface area (Å²) in [4.78, 5) is 4.57. The quantitative estimate of drug-likeness (QED) is 0.374. The molecule has 1 aliphatic rings. The minimum Gasteiger partial charge on any atom is -0.381 e. The summed E-state index contributed by atoms with van der Waals surface area (Å²) in [5.74, 6) is 2.34. The van der Waals surface area contributed by atoms with Gasteiger partial charge in [0.25, 0.3) is 0 Å². The Morgan fingerprint density at radius 1 is 1.36 bits per heavy atom. The predicted molar refractivity (Wildman–Crippen MR) is 97.5 cm³/mol. The molecule has 1 aliphatic heterocycles.